The average molecular weight is 293 g/mol. The summed E-state index contributed by atoms with van der Waals surface area (Å²) in [6, 6.07) is 5.09. The number of benzene rings is 1. The molecule has 1 aliphatic heterocycles. The molecule has 1 aromatic rings. The molecule has 2 rings (SSSR count). The SMILES string of the molecule is CCOc1cc(N(C)CC2CCNCC2)ccc1[N+](=O)[O-]. The second kappa shape index (κ2) is 7.26. The second-order valence-corrected chi connectivity index (χ2v) is 5.42. The van der Waals surface area contributed by atoms with Crippen LogP contribution in [0, 0.1) is 16.0 Å². The minimum absolute atomic E-state index is 0.0240. The van der Waals surface area contributed by atoms with Gasteiger partial charge < -0.3 is 15.0 Å². The van der Waals surface area contributed by atoms with E-state index in [-0.39, 0.29) is 5.69 Å². The molecule has 0 amide bonds. The summed E-state index contributed by atoms with van der Waals surface area (Å²) >= 11 is 0. The van der Waals surface area contributed by atoms with Gasteiger partial charge in [-0.2, -0.15) is 0 Å². The summed E-state index contributed by atoms with van der Waals surface area (Å²) in [5.74, 6) is 1.01. The van der Waals surface area contributed by atoms with Crippen molar-refractivity contribution in [2.45, 2.75) is 19.8 Å². The number of ether oxygens (including phenoxy) is 1. The zero-order chi connectivity index (χ0) is 15.2. The van der Waals surface area contributed by atoms with Gasteiger partial charge in [-0.3, -0.25) is 10.1 Å². The van der Waals surface area contributed by atoms with Crippen LogP contribution in [0.3, 0.4) is 0 Å². The molecule has 6 nitrogen and oxygen atoms in total. The molecule has 0 aliphatic carbocycles. The summed E-state index contributed by atoms with van der Waals surface area (Å²) in [6.07, 6.45) is 2.35. The molecule has 1 aromatic carbocycles. The van der Waals surface area contributed by atoms with Crippen LogP contribution < -0.4 is 15.0 Å². The molecule has 1 aliphatic rings. The van der Waals surface area contributed by atoms with Crippen LogP contribution in [0.2, 0.25) is 0 Å². The monoisotopic (exact) mass is 293 g/mol. The standard InChI is InChI=1S/C15H23N3O3/c1-3-21-15-10-13(4-5-14(15)18(19)20)17(2)11-12-6-8-16-9-7-12/h4-5,10,12,16H,3,6-9,11H2,1-2H3. The maximum Gasteiger partial charge on any atom is 0.311 e. The van der Waals surface area contributed by atoms with Gasteiger partial charge in [0.1, 0.15) is 0 Å². The third-order valence-electron chi connectivity index (χ3n) is 3.87. The quantitative estimate of drug-likeness (QED) is 0.644. The Kier molecular flexibility index (Phi) is 5.38. The van der Waals surface area contributed by atoms with E-state index in [1.165, 1.54) is 18.9 Å². The summed E-state index contributed by atoms with van der Waals surface area (Å²) in [5, 5.41) is 14.4. The van der Waals surface area contributed by atoms with Crippen molar-refractivity contribution in [3.63, 3.8) is 0 Å². The number of nitro benzene ring substituents is 1. The van der Waals surface area contributed by atoms with Gasteiger partial charge in [-0.05, 0) is 44.8 Å². The van der Waals surface area contributed by atoms with Crippen molar-refractivity contribution in [1.29, 1.82) is 0 Å². The number of hydrogen-bond donors (Lipinski definition) is 1. The maximum absolute atomic E-state index is 11.0. The first kappa shape index (κ1) is 15.6. The van der Waals surface area contributed by atoms with Crippen LogP contribution in [0.1, 0.15) is 19.8 Å². The molecule has 1 fully saturated rings. The van der Waals surface area contributed by atoms with Crippen LogP contribution in [0.4, 0.5) is 11.4 Å². The minimum Gasteiger partial charge on any atom is -0.487 e. The Morgan fingerprint density at radius 3 is 2.76 bits per heavy atom. The Hall–Kier alpha value is -1.82. The molecular weight excluding hydrogens is 270 g/mol. The third kappa shape index (κ3) is 4.07. The van der Waals surface area contributed by atoms with Crippen molar-refractivity contribution in [3.8, 4) is 5.75 Å². The third-order valence-corrected chi connectivity index (χ3v) is 3.87. The van der Waals surface area contributed by atoms with E-state index < -0.39 is 4.92 Å². The van der Waals surface area contributed by atoms with Crippen molar-refractivity contribution in [2.75, 3.05) is 38.2 Å². The van der Waals surface area contributed by atoms with Crippen LogP contribution in [-0.2, 0) is 0 Å². The minimum atomic E-state index is -0.401. The average Bonchev–Trinajstić information content (AvgIpc) is 2.48. The lowest BCUT2D eigenvalue weighted by atomic mass is 9.97. The van der Waals surface area contributed by atoms with Crippen LogP contribution in [0.25, 0.3) is 0 Å². The lowest BCUT2D eigenvalue weighted by Crippen LogP contribution is -2.34. The van der Waals surface area contributed by atoms with Gasteiger partial charge in [0.2, 0.25) is 0 Å². The van der Waals surface area contributed by atoms with Crippen LogP contribution in [0.15, 0.2) is 18.2 Å². The number of piperidine rings is 1. The van der Waals surface area contributed by atoms with Gasteiger partial charge in [-0.1, -0.05) is 0 Å². The van der Waals surface area contributed by atoms with Crippen molar-refractivity contribution in [3.05, 3.63) is 28.3 Å². The molecule has 21 heavy (non-hydrogen) atoms. The number of hydrogen-bond acceptors (Lipinski definition) is 5. The predicted octanol–water partition coefficient (Wildman–Crippen LogP) is 2.43. The van der Waals surface area contributed by atoms with E-state index >= 15 is 0 Å². The fourth-order valence-corrected chi connectivity index (χ4v) is 2.72. The molecule has 1 heterocycles. The Balaban J connectivity index is 2.10. The smallest absolute Gasteiger partial charge is 0.311 e. The molecule has 0 saturated carbocycles. The molecular formula is C15H23N3O3. The van der Waals surface area contributed by atoms with E-state index in [1.54, 1.807) is 12.1 Å². The largest absolute Gasteiger partial charge is 0.487 e. The van der Waals surface area contributed by atoms with Crippen molar-refractivity contribution >= 4 is 11.4 Å². The summed E-state index contributed by atoms with van der Waals surface area (Å²) in [5.41, 5.74) is 0.985. The number of rotatable bonds is 6. The fourth-order valence-electron chi connectivity index (χ4n) is 2.72. The molecule has 0 bridgehead atoms. The lowest BCUT2D eigenvalue weighted by Gasteiger charge is -2.29. The van der Waals surface area contributed by atoms with Gasteiger partial charge in [0.05, 0.1) is 11.5 Å². The highest BCUT2D eigenvalue weighted by molar-refractivity contribution is 5.59. The van der Waals surface area contributed by atoms with Gasteiger partial charge in [-0.25, -0.2) is 0 Å². The Bertz CT molecular complexity index is 487. The first-order chi connectivity index (χ1) is 10.1. The molecule has 0 atom stereocenters. The van der Waals surface area contributed by atoms with Crippen LogP contribution in [-0.4, -0.2) is 38.2 Å². The lowest BCUT2D eigenvalue weighted by molar-refractivity contribution is -0.385. The molecule has 0 spiro atoms. The zero-order valence-electron chi connectivity index (χ0n) is 12.7. The van der Waals surface area contributed by atoms with Gasteiger partial charge in [0, 0.05) is 31.4 Å². The Morgan fingerprint density at radius 1 is 1.43 bits per heavy atom. The number of anilines is 1. The number of nitrogens with zero attached hydrogens (tertiary/aromatic N) is 2. The maximum atomic E-state index is 11.0. The van der Waals surface area contributed by atoms with E-state index in [0.717, 1.165) is 25.3 Å². The molecule has 1 N–H and O–H groups in total. The van der Waals surface area contributed by atoms with E-state index in [1.807, 2.05) is 14.0 Å². The van der Waals surface area contributed by atoms with E-state index in [4.69, 9.17) is 4.74 Å². The van der Waals surface area contributed by atoms with Crippen LogP contribution in [0.5, 0.6) is 5.75 Å². The van der Waals surface area contributed by atoms with E-state index in [2.05, 4.69) is 10.2 Å². The highest BCUT2D eigenvalue weighted by atomic mass is 16.6. The molecule has 6 heteroatoms. The number of nitro groups is 1. The van der Waals surface area contributed by atoms with E-state index in [9.17, 15) is 10.1 Å². The van der Waals surface area contributed by atoms with Crippen molar-refractivity contribution in [2.24, 2.45) is 5.92 Å². The van der Waals surface area contributed by atoms with Gasteiger partial charge in [0.15, 0.2) is 5.75 Å². The zero-order valence-corrected chi connectivity index (χ0v) is 12.7. The topological polar surface area (TPSA) is 67.6 Å². The molecule has 116 valence electrons. The highest BCUT2D eigenvalue weighted by Gasteiger charge is 2.19. The summed E-state index contributed by atoms with van der Waals surface area (Å²) in [4.78, 5) is 12.8. The molecule has 0 aromatic heterocycles. The molecule has 0 unspecified atom stereocenters. The second-order valence-electron chi connectivity index (χ2n) is 5.42. The predicted molar refractivity (Wildman–Crippen MR) is 83.1 cm³/mol. The van der Waals surface area contributed by atoms with Gasteiger partial charge >= 0.3 is 5.69 Å². The normalized spacial score (nSPS) is 15.7. The van der Waals surface area contributed by atoms with Crippen molar-refractivity contribution < 1.29 is 9.66 Å². The Morgan fingerprint density at radius 2 is 2.14 bits per heavy atom. The van der Waals surface area contributed by atoms with Gasteiger partial charge in [0.25, 0.3) is 0 Å². The van der Waals surface area contributed by atoms with Crippen molar-refractivity contribution in [1.82, 2.24) is 5.32 Å². The first-order valence-corrected chi connectivity index (χ1v) is 7.45. The summed E-state index contributed by atoms with van der Waals surface area (Å²) < 4.78 is 5.40. The van der Waals surface area contributed by atoms with E-state index in [0.29, 0.717) is 18.3 Å². The number of nitrogens with one attached hydrogen (secondary N) is 1. The Labute approximate surface area is 125 Å². The van der Waals surface area contributed by atoms with Crippen LogP contribution >= 0.6 is 0 Å². The highest BCUT2D eigenvalue weighted by Crippen LogP contribution is 2.32. The van der Waals surface area contributed by atoms with Gasteiger partial charge in [-0.15, -0.1) is 0 Å². The first-order valence-electron chi connectivity index (χ1n) is 7.45. The summed E-state index contributed by atoms with van der Waals surface area (Å²) in [7, 11) is 2.03. The molecule has 0 radical (unpaired) electrons. The fraction of sp³-hybridized carbons (Fsp3) is 0.600. The summed E-state index contributed by atoms with van der Waals surface area (Å²) in [6.45, 7) is 5.36. The molecule has 1 saturated heterocycles.